The van der Waals surface area contributed by atoms with Gasteiger partial charge in [-0.1, -0.05) is 13.8 Å². The smallest absolute Gasteiger partial charge is 0.313 e. The monoisotopic (exact) mass is 180 g/mol. The minimum atomic E-state index is 0.0584. The molecule has 4 bridgehead atoms. The van der Waals surface area contributed by atoms with Crippen LogP contribution in [0.15, 0.2) is 0 Å². The zero-order chi connectivity index (χ0) is 9.27. The van der Waals surface area contributed by atoms with Crippen molar-refractivity contribution in [2.24, 2.45) is 17.3 Å². The standard InChI is InChI=1S/C9H10O2.C2H6/c10-7-8-2-5-1-6(8)9(3-5,4-8)11-7;1-2/h5-6H,1-4H2;1-2H3. The first-order valence-corrected chi connectivity index (χ1v) is 5.49. The van der Waals surface area contributed by atoms with Gasteiger partial charge in [0.15, 0.2) is 0 Å². The lowest BCUT2D eigenvalue weighted by atomic mass is 9.53. The SMILES string of the molecule is CC.O=C1OC23CC4CC2C1(C4)C3. The van der Waals surface area contributed by atoms with Crippen molar-refractivity contribution in [3.63, 3.8) is 0 Å². The van der Waals surface area contributed by atoms with E-state index in [0.717, 1.165) is 18.8 Å². The maximum absolute atomic E-state index is 11.4. The van der Waals surface area contributed by atoms with E-state index in [1.54, 1.807) is 0 Å². The lowest BCUT2D eigenvalue weighted by Crippen LogP contribution is -2.53. The lowest BCUT2D eigenvalue weighted by molar-refractivity contribution is -0.143. The van der Waals surface area contributed by atoms with Gasteiger partial charge in [0.25, 0.3) is 0 Å². The second-order valence-corrected chi connectivity index (χ2v) is 4.85. The Balaban J connectivity index is 0.000000266. The lowest BCUT2D eigenvalue weighted by Gasteiger charge is -2.47. The molecule has 4 unspecified atom stereocenters. The summed E-state index contributed by atoms with van der Waals surface area (Å²) in [5, 5.41) is 0. The highest BCUT2D eigenvalue weighted by atomic mass is 16.6. The number of carbonyl (C=O) groups is 1. The summed E-state index contributed by atoms with van der Waals surface area (Å²) in [6.45, 7) is 4.00. The Labute approximate surface area is 78.6 Å². The summed E-state index contributed by atoms with van der Waals surface area (Å²) in [7, 11) is 0. The van der Waals surface area contributed by atoms with Crippen LogP contribution < -0.4 is 0 Å². The molecular weight excluding hydrogens is 164 g/mol. The van der Waals surface area contributed by atoms with Crippen LogP contribution in [0.3, 0.4) is 0 Å². The van der Waals surface area contributed by atoms with Gasteiger partial charge in [-0.2, -0.15) is 0 Å². The summed E-state index contributed by atoms with van der Waals surface area (Å²) in [5.74, 6) is 1.62. The molecule has 4 atom stereocenters. The molecular formula is C11H16O2. The average Bonchev–Trinajstić information content (AvgIpc) is 2.70. The van der Waals surface area contributed by atoms with Crippen LogP contribution in [0, 0.1) is 17.3 Å². The Bertz CT molecular complexity index is 282. The largest absolute Gasteiger partial charge is 0.458 e. The van der Waals surface area contributed by atoms with E-state index in [1.165, 1.54) is 12.8 Å². The first-order chi connectivity index (χ1) is 6.25. The highest BCUT2D eigenvalue weighted by molar-refractivity contribution is 5.85. The molecule has 0 amide bonds. The zero-order valence-corrected chi connectivity index (χ0v) is 8.30. The predicted molar refractivity (Wildman–Crippen MR) is 48.1 cm³/mol. The van der Waals surface area contributed by atoms with Crippen LogP contribution in [0.2, 0.25) is 0 Å². The molecule has 3 aliphatic carbocycles. The fourth-order valence-electron chi connectivity index (χ4n) is 4.33. The van der Waals surface area contributed by atoms with Crippen molar-refractivity contribution in [3.8, 4) is 0 Å². The molecule has 2 aliphatic heterocycles. The van der Waals surface area contributed by atoms with E-state index in [2.05, 4.69) is 0 Å². The summed E-state index contributed by atoms with van der Waals surface area (Å²) in [6, 6.07) is 0. The van der Waals surface area contributed by atoms with E-state index in [9.17, 15) is 4.79 Å². The van der Waals surface area contributed by atoms with E-state index < -0.39 is 0 Å². The molecule has 0 radical (unpaired) electrons. The Morgan fingerprint density at radius 2 is 2.15 bits per heavy atom. The molecule has 0 aromatic carbocycles. The Kier molecular flexibility index (Phi) is 1.17. The number of hydrogen-bond acceptors (Lipinski definition) is 2. The van der Waals surface area contributed by atoms with Gasteiger partial charge in [-0.3, -0.25) is 4.79 Å². The van der Waals surface area contributed by atoms with Crippen molar-refractivity contribution in [2.45, 2.75) is 45.1 Å². The van der Waals surface area contributed by atoms with Gasteiger partial charge < -0.3 is 4.74 Å². The molecule has 0 aromatic heterocycles. The minimum Gasteiger partial charge on any atom is -0.458 e. The molecule has 2 saturated heterocycles. The van der Waals surface area contributed by atoms with Crippen LogP contribution in [-0.4, -0.2) is 11.6 Å². The molecule has 0 aromatic rings. The average molecular weight is 180 g/mol. The summed E-state index contributed by atoms with van der Waals surface area (Å²) in [6.07, 6.45) is 4.69. The molecule has 5 fully saturated rings. The van der Waals surface area contributed by atoms with Crippen LogP contribution in [0.1, 0.15) is 39.5 Å². The number of rotatable bonds is 0. The topological polar surface area (TPSA) is 26.3 Å². The minimum absolute atomic E-state index is 0.0584. The van der Waals surface area contributed by atoms with Gasteiger partial charge in [-0.05, 0) is 25.2 Å². The van der Waals surface area contributed by atoms with Gasteiger partial charge in [0.1, 0.15) is 5.60 Å². The van der Waals surface area contributed by atoms with Gasteiger partial charge in [-0.25, -0.2) is 0 Å². The highest BCUT2D eigenvalue weighted by Gasteiger charge is 2.83. The third kappa shape index (κ3) is 0.570. The molecule has 2 spiro atoms. The number of hydrogen-bond donors (Lipinski definition) is 0. The van der Waals surface area contributed by atoms with E-state index in [4.69, 9.17) is 4.74 Å². The van der Waals surface area contributed by atoms with Gasteiger partial charge in [0.05, 0.1) is 5.41 Å². The van der Waals surface area contributed by atoms with E-state index >= 15 is 0 Å². The van der Waals surface area contributed by atoms with Crippen LogP contribution in [0.5, 0.6) is 0 Å². The molecule has 2 heterocycles. The molecule has 13 heavy (non-hydrogen) atoms. The third-order valence-corrected chi connectivity index (χ3v) is 4.48. The summed E-state index contributed by atoms with van der Waals surface area (Å²) in [4.78, 5) is 11.4. The van der Waals surface area contributed by atoms with Crippen molar-refractivity contribution in [2.75, 3.05) is 0 Å². The van der Waals surface area contributed by atoms with Crippen LogP contribution in [-0.2, 0) is 9.53 Å². The van der Waals surface area contributed by atoms with Gasteiger partial charge in [-0.15, -0.1) is 0 Å². The summed E-state index contributed by atoms with van der Waals surface area (Å²) >= 11 is 0. The first kappa shape index (κ1) is 7.84. The van der Waals surface area contributed by atoms with Crippen molar-refractivity contribution >= 4 is 5.97 Å². The number of ether oxygens (including phenoxy) is 1. The highest BCUT2D eigenvalue weighted by Crippen LogP contribution is 2.78. The van der Waals surface area contributed by atoms with Crippen molar-refractivity contribution < 1.29 is 9.53 Å². The van der Waals surface area contributed by atoms with Crippen molar-refractivity contribution in [1.82, 2.24) is 0 Å². The molecule has 2 nitrogen and oxygen atoms in total. The Hall–Kier alpha value is -0.530. The molecule has 0 N–H and O–H groups in total. The van der Waals surface area contributed by atoms with Crippen LogP contribution >= 0.6 is 0 Å². The van der Waals surface area contributed by atoms with Crippen LogP contribution in [0.4, 0.5) is 0 Å². The van der Waals surface area contributed by atoms with E-state index in [0.29, 0.717) is 5.92 Å². The number of esters is 1. The summed E-state index contributed by atoms with van der Waals surface area (Å²) in [5.41, 5.74) is 0.142. The Morgan fingerprint density at radius 1 is 1.38 bits per heavy atom. The predicted octanol–water partition coefficient (Wildman–Crippen LogP) is 2.13. The van der Waals surface area contributed by atoms with Crippen molar-refractivity contribution in [3.05, 3.63) is 0 Å². The second-order valence-electron chi connectivity index (χ2n) is 4.85. The second kappa shape index (κ2) is 1.94. The van der Waals surface area contributed by atoms with Gasteiger partial charge >= 0.3 is 5.97 Å². The van der Waals surface area contributed by atoms with Crippen LogP contribution in [0.25, 0.3) is 0 Å². The zero-order valence-electron chi connectivity index (χ0n) is 8.30. The molecule has 5 aliphatic rings. The summed E-state index contributed by atoms with van der Waals surface area (Å²) < 4.78 is 5.45. The number of carbonyl (C=O) groups excluding carboxylic acids is 1. The Morgan fingerprint density at radius 3 is 2.69 bits per heavy atom. The molecule has 5 rings (SSSR count). The fraction of sp³-hybridized carbons (Fsp3) is 0.909. The molecule has 72 valence electrons. The first-order valence-electron chi connectivity index (χ1n) is 5.49. The number of fused-ring (bicyclic) bond motifs is 2. The molecule has 2 heteroatoms. The quantitative estimate of drug-likeness (QED) is 0.534. The molecule has 3 saturated carbocycles. The maximum atomic E-state index is 11.4. The van der Waals surface area contributed by atoms with E-state index in [-0.39, 0.29) is 17.0 Å². The van der Waals surface area contributed by atoms with Crippen molar-refractivity contribution in [1.29, 1.82) is 0 Å². The fourth-order valence-corrected chi connectivity index (χ4v) is 4.33. The maximum Gasteiger partial charge on any atom is 0.313 e. The van der Waals surface area contributed by atoms with E-state index in [1.807, 2.05) is 13.8 Å². The van der Waals surface area contributed by atoms with Gasteiger partial charge in [0.2, 0.25) is 0 Å². The van der Waals surface area contributed by atoms with Gasteiger partial charge in [0, 0.05) is 12.3 Å². The third-order valence-electron chi connectivity index (χ3n) is 4.48. The normalized spacial score (nSPS) is 58.2.